The Morgan fingerprint density at radius 3 is 0.992 bits per heavy atom. The number of esters is 5. The number of para-hydroxylation sites is 2. The molecule has 0 aromatic heterocycles. The maximum absolute atomic E-state index is 15.9. The van der Waals surface area contributed by atoms with Crippen LogP contribution >= 0.6 is 36.6 Å². The van der Waals surface area contributed by atoms with Crippen LogP contribution in [0.2, 0.25) is 0 Å². The van der Waals surface area contributed by atoms with E-state index in [-0.39, 0.29) is 85.0 Å². The number of hydrogen-bond acceptors (Lipinski definition) is 21. The largest absolute Gasteiger partial charge is 0.436 e. The van der Waals surface area contributed by atoms with E-state index in [1.54, 1.807) is 177 Å². The molecule has 0 bridgehead atoms. The van der Waals surface area contributed by atoms with E-state index in [2.05, 4.69) is 0 Å². The lowest BCUT2D eigenvalue weighted by Gasteiger charge is -2.29. The summed E-state index contributed by atoms with van der Waals surface area (Å²) in [5.74, 6) is -2.43. The van der Waals surface area contributed by atoms with E-state index in [1.165, 1.54) is 147 Å². The SMILES string of the molecule is CP(=O)(Oc1ccc(OOCc2ccc(P(C)(=O)c3ccc(C(=O)Oc4ccc(OC(=O)c5ccc(P(C)(=O)c6ccc(C(=O)Oc7ccc(OC(=O)c8ccccc8)c(P8(=O)Oc9ccccc9-c9ccccc98)c7)cc6)cc5)c(P5(=O)Oc6ccccc6-c6ccccc65)c4)cc3)cc2)cc1)Oc1ccc(OC(=O)c2ccccc2)cc1. The average Bonchev–Trinajstić information content (AvgIpc) is 0.733. The number of rotatable bonds is 24. The lowest BCUT2D eigenvalue weighted by Crippen LogP contribution is -2.27. The minimum atomic E-state index is -4.28. The van der Waals surface area contributed by atoms with Crippen LogP contribution in [0.3, 0.4) is 0 Å². The van der Waals surface area contributed by atoms with Crippen molar-refractivity contribution in [1.82, 2.24) is 0 Å². The average molecular weight is 1680 g/mol. The van der Waals surface area contributed by atoms with Gasteiger partial charge in [0.15, 0.2) is 5.75 Å². The summed E-state index contributed by atoms with van der Waals surface area (Å²) in [6.45, 7) is 4.48. The summed E-state index contributed by atoms with van der Waals surface area (Å²) < 4.78 is 128. The number of hydrogen-bond donors (Lipinski definition) is 0. The first-order valence-corrected chi connectivity index (χ1v) is 46.5. The molecule has 16 rings (SSSR count). The molecule has 0 amide bonds. The van der Waals surface area contributed by atoms with Crippen molar-refractivity contribution in [2.24, 2.45) is 0 Å². The zero-order valence-corrected chi connectivity index (χ0v) is 67.8. The summed E-state index contributed by atoms with van der Waals surface area (Å²) in [5.41, 5.74) is 4.16. The molecule has 2 aliphatic rings. The van der Waals surface area contributed by atoms with Gasteiger partial charge in [0.05, 0.1) is 55.7 Å². The molecule has 0 radical (unpaired) electrons. The van der Waals surface area contributed by atoms with Crippen LogP contribution in [0.15, 0.2) is 340 Å². The van der Waals surface area contributed by atoms with Crippen molar-refractivity contribution in [3.63, 3.8) is 0 Å². The fourth-order valence-corrected chi connectivity index (χ4v) is 22.7. The molecule has 0 saturated carbocycles. The van der Waals surface area contributed by atoms with Crippen LogP contribution in [0, 0.1) is 0 Å². The standard InChI is InChI=1S/C93H67O21P5/c1-115(99,73-48-30-61(31-49-73)60-104-110-68-40-44-70(45-41-68)112-117(3,101)111-69-42-38-67(39-43-69)105-89(94)62-18-6-4-7-19-62)74-50-32-64(33-51-74)90(95)107-72-47-57-84(88(59-72)119(103)86-29-17-13-25-80(86)78-23-11-15-27-82(78)114-119)109-93(98)66-36-54-76(55-37-66)116(2,100)75-52-34-65(35-53-75)91(96)106-71-46-56-83(108-92(97)63-20-8-5-9-21-63)87(58-71)118(102)85-28-16-12-24-79(85)77-22-10-14-26-81(77)113-118/h4-59H,60H2,1-3H3. The molecule has 14 aromatic rings. The maximum atomic E-state index is 15.9. The molecule has 0 aliphatic carbocycles. The summed E-state index contributed by atoms with van der Waals surface area (Å²) >= 11 is 0. The molecule has 5 atom stereocenters. The molecule has 0 N–H and O–H groups in total. The van der Waals surface area contributed by atoms with Crippen LogP contribution in [-0.2, 0) is 34.3 Å². The second-order valence-corrected chi connectivity index (χ2v) is 39.8. The van der Waals surface area contributed by atoms with E-state index in [0.717, 1.165) is 0 Å². The zero-order chi connectivity index (χ0) is 82.6. The van der Waals surface area contributed by atoms with Gasteiger partial charge in [0.2, 0.25) is 0 Å². The van der Waals surface area contributed by atoms with Crippen LogP contribution in [0.25, 0.3) is 22.3 Å². The summed E-state index contributed by atoms with van der Waals surface area (Å²) in [5, 5.41) is 2.17. The predicted octanol–water partition coefficient (Wildman–Crippen LogP) is 18.0. The van der Waals surface area contributed by atoms with E-state index in [1.807, 2.05) is 36.4 Å². The van der Waals surface area contributed by atoms with Gasteiger partial charge in [0.1, 0.15) is 72.6 Å². The first-order valence-electron chi connectivity index (χ1n) is 37.0. The Hall–Kier alpha value is -13.5. The zero-order valence-electron chi connectivity index (χ0n) is 63.3. The second-order valence-electron chi connectivity index (χ2n) is 27.6. The molecule has 2 aliphatic heterocycles. The van der Waals surface area contributed by atoms with Gasteiger partial charge in [0, 0.05) is 32.3 Å². The molecule has 5 unspecified atom stereocenters. The van der Waals surface area contributed by atoms with Crippen LogP contribution in [0.4, 0.5) is 0 Å². The summed E-state index contributed by atoms with van der Waals surface area (Å²) in [6, 6.07) is 90.4. The summed E-state index contributed by atoms with van der Waals surface area (Å²) in [7, 11) is -18.8. The van der Waals surface area contributed by atoms with E-state index < -0.39 is 66.5 Å². The Morgan fingerprint density at radius 1 is 0.294 bits per heavy atom. The number of benzene rings is 14. The Kier molecular flexibility index (Phi) is 22.2. The van der Waals surface area contributed by atoms with Gasteiger partial charge in [-0.3, -0.25) is 9.13 Å². The van der Waals surface area contributed by atoms with Crippen molar-refractivity contribution < 1.29 is 98.4 Å². The Bertz CT molecular complexity index is 6550. The molecule has 26 heteroatoms. The van der Waals surface area contributed by atoms with Gasteiger partial charge in [-0.25, -0.2) is 28.5 Å². The van der Waals surface area contributed by atoms with Crippen molar-refractivity contribution in [3.05, 3.63) is 373 Å². The lowest BCUT2D eigenvalue weighted by molar-refractivity contribution is -0.217. The fourth-order valence-electron chi connectivity index (χ4n) is 13.4. The van der Waals surface area contributed by atoms with Gasteiger partial charge in [-0.1, -0.05) is 170 Å². The van der Waals surface area contributed by atoms with Crippen LogP contribution in [0.5, 0.6) is 57.5 Å². The van der Waals surface area contributed by atoms with Crippen LogP contribution < -0.4 is 89.1 Å². The van der Waals surface area contributed by atoms with Crippen molar-refractivity contribution in [2.75, 3.05) is 20.0 Å². The van der Waals surface area contributed by atoms with Gasteiger partial charge in [-0.15, -0.1) is 0 Å². The van der Waals surface area contributed by atoms with E-state index in [9.17, 15) is 37.7 Å². The smallest absolute Gasteiger partial charge is 0.427 e. The minimum absolute atomic E-state index is 0.0155. The molecular formula is C93H67O21P5. The third-order valence-corrected chi connectivity index (χ3v) is 30.7. The molecule has 119 heavy (non-hydrogen) atoms. The van der Waals surface area contributed by atoms with Gasteiger partial charge in [-0.05, 0) is 200 Å². The molecule has 2 heterocycles. The van der Waals surface area contributed by atoms with Crippen molar-refractivity contribution in [2.45, 2.75) is 6.61 Å². The molecule has 21 nitrogen and oxygen atoms in total. The molecule has 0 fully saturated rings. The van der Waals surface area contributed by atoms with E-state index in [0.29, 0.717) is 77.2 Å². The highest BCUT2D eigenvalue weighted by Gasteiger charge is 2.43. The quantitative estimate of drug-likeness (QED) is 0.0179. The first kappa shape index (κ1) is 79.4. The van der Waals surface area contributed by atoms with Gasteiger partial charge in [0.25, 0.3) is 0 Å². The van der Waals surface area contributed by atoms with Crippen molar-refractivity contribution in [3.8, 4) is 79.7 Å². The summed E-state index contributed by atoms with van der Waals surface area (Å²) in [6.07, 6.45) is 0. The highest BCUT2D eigenvalue weighted by molar-refractivity contribution is 7.78. The van der Waals surface area contributed by atoms with E-state index >= 15 is 9.13 Å². The Labute approximate surface area is 682 Å². The first-order chi connectivity index (χ1) is 57.4. The topological polar surface area (TPSA) is 272 Å². The van der Waals surface area contributed by atoms with Gasteiger partial charge in [-0.2, -0.15) is 4.89 Å². The number of ether oxygens (including phenoxy) is 5. The fraction of sp³-hybridized carbons (Fsp3) is 0.0430. The van der Waals surface area contributed by atoms with Gasteiger partial charge < -0.3 is 55.8 Å². The molecule has 0 spiro atoms. The normalized spacial score (nSPS) is 15.7. The highest BCUT2D eigenvalue weighted by atomic mass is 31.2. The Balaban J connectivity index is 0.562. The maximum Gasteiger partial charge on any atom is 0.427 e. The second kappa shape index (κ2) is 33.3. The molecule has 0 saturated heterocycles. The lowest BCUT2D eigenvalue weighted by atomic mass is 10.0. The third-order valence-electron chi connectivity index (χ3n) is 19.6. The molecular weight excluding hydrogens is 1610 g/mol. The number of carbonyl (C=O) groups excluding carboxylic acids is 5. The molecule has 590 valence electrons. The highest BCUT2D eigenvalue weighted by Crippen LogP contribution is 2.58. The minimum Gasteiger partial charge on any atom is -0.436 e. The van der Waals surface area contributed by atoms with Crippen LogP contribution in [-0.4, -0.2) is 49.8 Å². The monoisotopic (exact) mass is 1670 g/mol. The Morgan fingerprint density at radius 2 is 0.597 bits per heavy atom. The predicted molar refractivity (Wildman–Crippen MR) is 454 cm³/mol. The number of fused-ring (bicyclic) bond motifs is 6. The van der Waals surface area contributed by atoms with E-state index in [4.69, 9.17) is 51.6 Å². The van der Waals surface area contributed by atoms with Crippen molar-refractivity contribution >= 4 is 109 Å². The number of carbonyl (C=O) groups is 5. The van der Waals surface area contributed by atoms with Crippen molar-refractivity contribution in [1.29, 1.82) is 0 Å². The summed E-state index contributed by atoms with van der Waals surface area (Å²) in [4.78, 5) is 79.5. The third kappa shape index (κ3) is 17.0. The van der Waals surface area contributed by atoms with Crippen LogP contribution in [0.1, 0.15) is 57.4 Å². The van der Waals surface area contributed by atoms with Gasteiger partial charge >= 0.3 is 52.2 Å². The molecule has 14 aromatic carbocycles.